The molecule has 132 valence electrons. The first kappa shape index (κ1) is 17.4. The van der Waals surface area contributed by atoms with E-state index in [0.29, 0.717) is 40.9 Å². The summed E-state index contributed by atoms with van der Waals surface area (Å²) in [5, 5.41) is 11.2. The van der Waals surface area contributed by atoms with Gasteiger partial charge in [-0.15, -0.1) is 0 Å². The van der Waals surface area contributed by atoms with Gasteiger partial charge in [-0.05, 0) is 25.0 Å². The van der Waals surface area contributed by atoms with Crippen molar-refractivity contribution in [2.75, 3.05) is 20.3 Å². The predicted molar refractivity (Wildman–Crippen MR) is 98.8 cm³/mol. The molecule has 0 unspecified atom stereocenters. The van der Waals surface area contributed by atoms with Crippen molar-refractivity contribution in [3.63, 3.8) is 0 Å². The SMILES string of the molecule is CCn1c(=O)c(-c2ccccc2C)c(O)c2sc(OCCOC)nc21. The number of hydrogen-bond acceptors (Lipinski definition) is 6. The first-order chi connectivity index (χ1) is 12.1. The highest BCUT2D eigenvalue weighted by atomic mass is 32.1. The summed E-state index contributed by atoms with van der Waals surface area (Å²) in [7, 11) is 1.59. The molecule has 0 saturated heterocycles. The molecular weight excluding hydrogens is 340 g/mol. The van der Waals surface area contributed by atoms with Gasteiger partial charge in [-0.2, -0.15) is 4.98 Å². The number of pyridine rings is 1. The van der Waals surface area contributed by atoms with Crippen molar-refractivity contribution < 1.29 is 14.6 Å². The zero-order chi connectivity index (χ0) is 18.0. The number of aromatic hydroxyl groups is 1. The van der Waals surface area contributed by atoms with Crippen molar-refractivity contribution in [2.45, 2.75) is 20.4 Å². The number of methoxy groups -OCH3 is 1. The second kappa shape index (κ2) is 7.25. The van der Waals surface area contributed by atoms with Gasteiger partial charge in [-0.3, -0.25) is 9.36 Å². The number of ether oxygens (including phenoxy) is 2. The van der Waals surface area contributed by atoms with Crippen LogP contribution in [0.1, 0.15) is 12.5 Å². The monoisotopic (exact) mass is 360 g/mol. The number of hydrogen-bond donors (Lipinski definition) is 1. The second-order valence-electron chi connectivity index (χ2n) is 5.56. The van der Waals surface area contributed by atoms with E-state index in [-0.39, 0.29) is 11.3 Å². The minimum absolute atomic E-state index is 0.0434. The summed E-state index contributed by atoms with van der Waals surface area (Å²) in [4.78, 5) is 17.3. The lowest BCUT2D eigenvalue weighted by molar-refractivity contribution is 0.146. The van der Waals surface area contributed by atoms with E-state index in [1.165, 1.54) is 11.3 Å². The lowest BCUT2D eigenvalue weighted by atomic mass is 10.0. The number of fused-ring (bicyclic) bond motifs is 1. The van der Waals surface area contributed by atoms with Crippen molar-refractivity contribution in [1.82, 2.24) is 9.55 Å². The van der Waals surface area contributed by atoms with Crippen LogP contribution in [-0.4, -0.2) is 35.0 Å². The first-order valence-corrected chi connectivity index (χ1v) is 8.84. The second-order valence-corrected chi connectivity index (χ2v) is 6.52. The van der Waals surface area contributed by atoms with E-state index in [2.05, 4.69) is 4.98 Å². The Morgan fingerprint density at radius 1 is 1.28 bits per heavy atom. The van der Waals surface area contributed by atoms with E-state index in [4.69, 9.17) is 9.47 Å². The molecule has 0 bridgehead atoms. The van der Waals surface area contributed by atoms with Gasteiger partial charge in [0.2, 0.25) is 0 Å². The Balaban J connectivity index is 2.22. The van der Waals surface area contributed by atoms with Crippen LogP contribution in [0.25, 0.3) is 21.5 Å². The van der Waals surface area contributed by atoms with E-state index in [1.807, 2.05) is 38.1 Å². The highest BCUT2D eigenvalue weighted by Gasteiger charge is 2.22. The molecule has 0 spiro atoms. The van der Waals surface area contributed by atoms with Crippen LogP contribution >= 0.6 is 11.3 Å². The molecule has 0 aliphatic heterocycles. The minimum Gasteiger partial charge on any atom is -0.505 e. The zero-order valence-electron chi connectivity index (χ0n) is 14.4. The van der Waals surface area contributed by atoms with Gasteiger partial charge >= 0.3 is 0 Å². The van der Waals surface area contributed by atoms with Crippen LogP contribution in [-0.2, 0) is 11.3 Å². The fourth-order valence-electron chi connectivity index (χ4n) is 2.74. The Morgan fingerprint density at radius 2 is 2.04 bits per heavy atom. The third-order valence-corrected chi connectivity index (χ3v) is 4.96. The van der Waals surface area contributed by atoms with Crippen LogP contribution in [0.15, 0.2) is 29.1 Å². The topological polar surface area (TPSA) is 73.6 Å². The third kappa shape index (κ3) is 3.12. The van der Waals surface area contributed by atoms with Crippen molar-refractivity contribution in [3.8, 4) is 22.1 Å². The predicted octanol–water partition coefficient (Wildman–Crippen LogP) is 3.18. The molecule has 25 heavy (non-hydrogen) atoms. The van der Waals surface area contributed by atoms with E-state index in [9.17, 15) is 9.90 Å². The van der Waals surface area contributed by atoms with Gasteiger partial charge in [0, 0.05) is 13.7 Å². The molecule has 0 aliphatic rings. The molecule has 1 aromatic carbocycles. The molecule has 0 radical (unpaired) electrons. The quantitative estimate of drug-likeness (QED) is 0.684. The Labute approximate surface area is 149 Å². The molecule has 0 aliphatic carbocycles. The summed E-state index contributed by atoms with van der Waals surface area (Å²) >= 11 is 1.23. The summed E-state index contributed by atoms with van der Waals surface area (Å²) < 4.78 is 12.6. The molecule has 0 fully saturated rings. The van der Waals surface area contributed by atoms with Crippen LogP contribution in [0.2, 0.25) is 0 Å². The fourth-order valence-corrected chi connectivity index (χ4v) is 3.63. The molecule has 1 N–H and O–H groups in total. The highest BCUT2D eigenvalue weighted by Crippen LogP contribution is 2.39. The standard InChI is InChI=1S/C18H20N2O4S/c1-4-20-16-15(25-18(19-16)24-10-9-23-3)14(21)13(17(20)22)12-8-6-5-7-11(12)2/h5-8,21H,4,9-10H2,1-3H3. The van der Waals surface area contributed by atoms with Crippen LogP contribution in [0, 0.1) is 6.92 Å². The lowest BCUT2D eigenvalue weighted by Crippen LogP contribution is -2.21. The summed E-state index contributed by atoms with van der Waals surface area (Å²) in [6.45, 7) is 5.05. The number of aryl methyl sites for hydroxylation is 2. The Hall–Kier alpha value is -2.38. The molecule has 7 heteroatoms. The molecule has 2 heterocycles. The van der Waals surface area contributed by atoms with Gasteiger partial charge in [-0.1, -0.05) is 35.6 Å². The maximum Gasteiger partial charge on any atom is 0.276 e. The molecule has 3 aromatic rings. The fraction of sp³-hybridized carbons (Fsp3) is 0.333. The van der Waals surface area contributed by atoms with Crippen molar-refractivity contribution in [2.24, 2.45) is 0 Å². The highest BCUT2D eigenvalue weighted by molar-refractivity contribution is 7.20. The maximum absolute atomic E-state index is 13.0. The van der Waals surface area contributed by atoms with E-state index in [1.54, 1.807) is 11.7 Å². The van der Waals surface area contributed by atoms with Crippen LogP contribution in [0.5, 0.6) is 10.9 Å². The van der Waals surface area contributed by atoms with Gasteiger partial charge in [0.25, 0.3) is 10.8 Å². The molecule has 2 aromatic heterocycles. The van der Waals surface area contributed by atoms with Gasteiger partial charge in [-0.25, -0.2) is 0 Å². The minimum atomic E-state index is -0.254. The zero-order valence-corrected chi connectivity index (χ0v) is 15.2. The van der Waals surface area contributed by atoms with Crippen molar-refractivity contribution >= 4 is 21.7 Å². The summed E-state index contributed by atoms with van der Waals surface area (Å²) in [5.74, 6) is -0.0434. The van der Waals surface area contributed by atoms with Crippen molar-refractivity contribution in [1.29, 1.82) is 0 Å². The van der Waals surface area contributed by atoms with Crippen LogP contribution < -0.4 is 10.3 Å². The third-order valence-electron chi connectivity index (χ3n) is 4.00. The summed E-state index contributed by atoms with van der Waals surface area (Å²) in [5.41, 5.74) is 2.15. The normalized spacial score (nSPS) is 11.2. The Bertz CT molecular complexity index is 962. The molecule has 3 rings (SSSR count). The number of nitrogens with zero attached hydrogens (tertiary/aromatic N) is 2. The molecular formula is C18H20N2O4S. The van der Waals surface area contributed by atoms with Crippen LogP contribution in [0.3, 0.4) is 0 Å². The molecule has 0 saturated carbocycles. The van der Waals surface area contributed by atoms with Gasteiger partial charge in [0.1, 0.15) is 17.1 Å². The number of benzene rings is 1. The van der Waals surface area contributed by atoms with Gasteiger partial charge in [0.05, 0.1) is 12.2 Å². The number of rotatable bonds is 6. The average molecular weight is 360 g/mol. The maximum atomic E-state index is 13.0. The lowest BCUT2D eigenvalue weighted by Gasteiger charge is -2.11. The summed E-state index contributed by atoms with van der Waals surface area (Å²) in [6, 6.07) is 7.52. The van der Waals surface area contributed by atoms with Crippen LogP contribution in [0.4, 0.5) is 0 Å². The van der Waals surface area contributed by atoms with E-state index < -0.39 is 0 Å². The van der Waals surface area contributed by atoms with Gasteiger partial charge < -0.3 is 14.6 Å². The van der Waals surface area contributed by atoms with E-state index in [0.717, 1.165) is 11.1 Å². The number of aromatic nitrogens is 2. The van der Waals surface area contributed by atoms with Crippen molar-refractivity contribution in [3.05, 3.63) is 40.2 Å². The molecule has 0 atom stereocenters. The van der Waals surface area contributed by atoms with E-state index >= 15 is 0 Å². The largest absolute Gasteiger partial charge is 0.505 e. The first-order valence-electron chi connectivity index (χ1n) is 8.02. The average Bonchev–Trinajstić information content (AvgIpc) is 3.01. The summed E-state index contributed by atoms with van der Waals surface area (Å²) in [6.07, 6.45) is 0. The Morgan fingerprint density at radius 3 is 2.72 bits per heavy atom. The number of thiazole rings is 1. The smallest absolute Gasteiger partial charge is 0.276 e. The molecule has 6 nitrogen and oxygen atoms in total. The Kier molecular flexibility index (Phi) is 5.06. The molecule has 0 amide bonds. The van der Waals surface area contributed by atoms with Gasteiger partial charge in [0.15, 0.2) is 5.65 Å².